The van der Waals surface area contributed by atoms with Crippen LogP contribution in [0.3, 0.4) is 0 Å². The molecular weight excluding hydrogens is 256 g/mol. The Balaban J connectivity index is 1.98. The van der Waals surface area contributed by atoms with E-state index in [4.69, 9.17) is 0 Å². The number of aryl methyl sites for hydroxylation is 1. The van der Waals surface area contributed by atoms with E-state index in [1.807, 2.05) is 6.07 Å². The van der Waals surface area contributed by atoms with Crippen molar-refractivity contribution < 1.29 is 0 Å². The topological polar surface area (TPSA) is 25.8 Å². The number of hydrogen-bond acceptors (Lipinski definition) is 2. The second kappa shape index (κ2) is 5.80. The maximum atomic E-state index is 4.26. The van der Waals surface area contributed by atoms with Crippen LogP contribution in [0.25, 0.3) is 5.57 Å². The van der Waals surface area contributed by atoms with E-state index in [0.717, 1.165) is 18.5 Å². The van der Waals surface area contributed by atoms with Crippen LogP contribution in [0, 0.1) is 12.8 Å². The van der Waals surface area contributed by atoms with Crippen LogP contribution in [0.5, 0.6) is 0 Å². The van der Waals surface area contributed by atoms with Crippen LogP contribution in [0.1, 0.15) is 42.7 Å². The van der Waals surface area contributed by atoms with Crippen molar-refractivity contribution in [1.29, 1.82) is 0 Å². The molecule has 3 rings (SSSR count). The second-order valence-corrected chi connectivity index (χ2v) is 6.41. The SMILES string of the molecule is Cc1ccc2c(c1)CC(CC(C)C)=C2Cc1cccnn1. The van der Waals surface area contributed by atoms with Gasteiger partial charge in [-0.2, -0.15) is 10.2 Å². The second-order valence-electron chi connectivity index (χ2n) is 6.41. The van der Waals surface area contributed by atoms with E-state index < -0.39 is 0 Å². The van der Waals surface area contributed by atoms with Gasteiger partial charge in [0.05, 0.1) is 5.69 Å². The van der Waals surface area contributed by atoms with Gasteiger partial charge in [-0.3, -0.25) is 0 Å². The van der Waals surface area contributed by atoms with Gasteiger partial charge in [-0.1, -0.05) is 43.2 Å². The zero-order valence-corrected chi connectivity index (χ0v) is 13.1. The van der Waals surface area contributed by atoms with Crippen LogP contribution in [0.2, 0.25) is 0 Å². The first-order chi connectivity index (χ1) is 10.1. The van der Waals surface area contributed by atoms with E-state index in [1.165, 1.54) is 28.7 Å². The fourth-order valence-electron chi connectivity index (χ4n) is 3.21. The van der Waals surface area contributed by atoms with E-state index in [9.17, 15) is 0 Å². The van der Waals surface area contributed by atoms with Crippen molar-refractivity contribution >= 4 is 5.57 Å². The molecule has 108 valence electrons. The molecule has 0 atom stereocenters. The highest BCUT2D eigenvalue weighted by atomic mass is 15.1. The highest BCUT2D eigenvalue weighted by Gasteiger charge is 2.22. The molecular formula is C19H22N2. The zero-order valence-electron chi connectivity index (χ0n) is 13.1. The number of nitrogens with zero attached hydrogens (tertiary/aromatic N) is 2. The number of benzene rings is 1. The highest BCUT2D eigenvalue weighted by molar-refractivity contribution is 5.77. The maximum absolute atomic E-state index is 4.26. The van der Waals surface area contributed by atoms with Crippen molar-refractivity contribution in [2.45, 2.75) is 40.0 Å². The van der Waals surface area contributed by atoms with Crippen LogP contribution in [0.15, 0.2) is 42.1 Å². The highest BCUT2D eigenvalue weighted by Crippen LogP contribution is 2.38. The van der Waals surface area contributed by atoms with E-state index in [-0.39, 0.29) is 0 Å². The van der Waals surface area contributed by atoms with Gasteiger partial charge < -0.3 is 0 Å². The third-order valence-corrected chi connectivity index (χ3v) is 4.06. The lowest BCUT2D eigenvalue weighted by atomic mass is 9.95. The summed E-state index contributed by atoms with van der Waals surface area (Å²) in [6, 6.07) is 10.9. The normalized spacial score (nSPS) is 13.9. The van der Waals surface area contributed by atoms with Gasteiger partial charge >= 0.3 is 0 Å². The van der Waals surface area contributed by atoms with Crippen LogP contribution >= 0.6 is 0 Å². The van der Waals surface area contributed by atoms with Gasteiger partial charge in [0.15, 0.2) is 0 Å². The van der Waals surface area contributed by atoms with Gasteiger partial charge in [0, 0.05) is 12.6 Å². The van der Waals surface area contributed by atoms with Crippen molar-refractivity contribution in [2.24, 2.45) is 5.92 Å². The van der Waals surface area contributed by atoms with Crippen molar-refractivity contribution in [3.8, 4) is 0 Å². The predicted octanol–water partition coefficient (Wildman–Crippen LogP) is 4.38. The molecule has 0 saturated heterocycles. The van der Waals surface area contributed by atoms with Crippen LogP contribution in [-0.4, -0.2) is 10.2 Å². The van der Waals surface area contributed by atoms with Gasteiger partial charge in [0.2, 0.25) is 0 Å². The predicted molar refractivity (Wildman–Crippen MR) is 87.0 cm³/mol. The molecule has 0 saturated carbocycles. The number of hydrogen-bond donors (Lipinski definition) is 0. The Morgan fingerprint density at radius 3 is 2.76 bits per heavy atom. The monoisotopic (exact) mass is 278 g/mol. The molecule has 0 radical (unpaired) electrons. The summed E-state index contributed by atoms with van der Waals surface area (Å²) < 4.78 is 0. The molecule has 2 nitrogen and oxygen atoms in total. The third-order valence-electron chi connectivity index (χ3n) is 4.06. The average Bonchev–Trinajstić information content (AvgIpc) is 2.76. The van der Waals surface area contributed by atoms with E-state index in [2.05, 4.69) is 55.2 Å². The van der Waals surface area contributed by atoms with E-state index in [1.54, 1.807) is 11.8 Å². The Hall–Kier alpha value is -1.96. The lowest BCUT2D eigenvalue weighted by Crippen LogP contribution is -1.98. The lowest BCUT2D eigenvalue weighted by Gasteiger charge is -2.10. The fraction of sp³-hybridized carbons (Fsp3) is 0.368. The summed E-state index contributed by atoms with van der Waals surface area (Å²) in [6.07, 6.45) is 4.90. The molecule has 2 heteroatoms. The Morgan fingerprint density at radius 2 is 2.05 bits per heavy atom. The number of allylic oxidation sites excluding steroid dienone is 2. The van der Waals surface area contributed by atoms with Crippen LogP contribution in [-0.2, 0) is 12.8 Å². The van der Waals surface area contributed by atoms with Crippen molar-refractivity contribution in [1.82, 2.24) is 10.2 Å². The quantitative estimate of drug-likeness (QED) is 0.829. The van der Waals surface area contributed by atoms with Gasteiger partial charge in [-0.25, -0.2) is 0 Å². The first kappa shape index (κ1) is 14.0. The van der Waals surface area contributed by atoms with Gasteiger partial charge in [0.1, 0.15) is 0 Å². The molecule has 0 N–H and O–H groups in total. The van der Waals surface area contributed by atoms with E-state index in [0.29, 0.717) is 5.92 Å². The summed E-state index contributed by atoms with van der Waals surface area (Å²) in [7, 11) is 0. The Morgan fingerprint density at radius 1 is 1.19 bits per heavy atom. The molecule has 0 amide bonds. The summed E-state index contributed by atoms with van der Waals surface area (Å²) >= 11 is 0. The minimum atomic E-state index is 0.687. The largest absolute Gasteiger partial charge is 0.159 e. The lowest BCUT2D eigenvalue weighted by molar-refractivity contribution is 0.636. The first-order valence-electron chi connectivity index (χ1n) is 7.71. The molecule has 1 aliphatic rings. The van der Waals surface area contributed by atoms with Crippen molar-refractivity contribution in [2.75, 3.05) is 0 Å². The smallest absolute Gasteiger partial charge is 0.0675 e. The molecule has 0 spiro atoms. The van der Waals surface area contributed by atoms with E-state index >= 15 is 0 Å². The number of aromatic nitrogens is 2. The first-order valence-corrected chi connectivity index (χ1v) is 7.71. The molecule has 1 aromatic heterocycles. The molecule has 1 heterocycles. The van der Waals surface area contributed by atoms with Gasteiger partial charge in [-0.15, -0.1) is 0 Å². The van der Waals surface area contributed by atoms with Crippen molar-refractivity contribution in [3.05, 3.63) is 64.5 Å². The molecule has 1 aromatic carbocycles. The molecule has 0 unspecified atom stereocenters. The molecule has 2 aromatic rings. The summed E-state index contributed by atoms with van der Waals surface area (Å²) in [5.74, 6) is 0.687. The maximum Gasteiger partial charge on any atom is 0.0675 e. The summed E-state index contributed by atoms with van der Waals surface area (Å²) in [6.45, 7) is 6.76. The summed E-state index contributed by atoms with van der Waals surface area (Å²) in [5, 5.41) is 8.27. The summed E-state index contributed by atoms with van der Waals surface area (Å²) in [4.78, 5) is 0. The van der Waals surface area contributed by atoms with Crippen LogP contribution in [0.4, 0.5) is 0 Å². The molecule has 0 aliphatic heterocycles. The van der Waals surface area contributed by atoms with Gasteiger partial charge in [-0.05, 0) is 54.5 Å². The average molecular weight is 278 g/mol. The fourth-order valence-corrected chi connectivity index (χ4v) is 3.21. The van der Waals surface area contributed by atoms with Crippen LogP contribution < -0.4 is 0 Å². The van der Waals surface area contributed by atoms with Gasteiger partial charge in [0.25, 0.3) is 0 Å². The zero-order chi connectivity index (χ0) is 14.8. The minimum Gasteiger partial charge on any atom is -0.159 e. The Bertz CT molecular complexity index is 669. The Labute approximate surface area is 126 Å². The summed E-state index contributed by atoms with van der Waals surface area (Å²) in [5.41, 5.74) is 8.35. The van der Waals surface area contributed by atoms with Crippen molar-refractivity contribution in [3.63, 3.8) is 0 Å². The molecule has 0 fully saturated rings. The third kappa shape index (κ3) is 3.05. The standard InChI is InChI=1S/C19H22N2/c1-13(2)9-15-11-16-10-14(3)6-7-18(16)19(15)12-17-5-4-8-20-21-17/h4-8,10,13H,9,11-12H2,1-3H3. The molecule has 0 bridgehead atoms. The Kier molecular flexibility index (Phi) is 3.87. The number of fused-ring (bicyclic) bond motifs is 1. The molecule has 21 heavy (non-hydrogen) atoms. The number of rotatable bonds is 4. The minimum absolute atomic E-state index is 0.687. The molecule has 1 aliphatic carbocycles.